The maximum Gasteiger partial charge on any atom is 0.139 e. The molecule has 2 rings (SSSR count). The molecule has 0 saturated carbocycles. The van der Waals surface area contributed by atoms with E-state index in [0.717, 1.165) is 12.1 Å². The van der Waals surface area contributed by atoms with Gasteiger partial charge in [-0.3, -0.25) is 0 Å². The molecule has 0 heterocycles. The Balaban J connectivity index is 2.49. The molecule has 0 amide bonds. The van der Waals surface area contributed by atoms with Crippen LogP contribution in [-0.2, 0) is 0 Å². The average Bonchev–Trinajstić information content (AvgIpc) is 2.42. The zero-order valence-corrected chi connectivity index (χ0v) is 12.6. The molecule has 0 aromatic heterocycles. The van der Waals surface area contributed by atoms with Crippen LogP contribution in [0.4, 0.5) is 8.78 Å². The van der Waals surface area contributed by atoms with Crippen LogP contribution in [0, 0.1) is 11.6 Å². The average molecular weight is 333 g/mol. The second-order valence-electron chi connectivity index (χ2n) is 4.28. The van der Waals surface area contributed by atoms with Crippen molar-refractivity contribution in [1.29, 1.82) is 0 Å². The highest BCUT2D eigenvalue weighted by Gasteiger charge is 2.23. The lowest BCUT2D eigenvalue weighted by Crippen LogP contribution is -2.07. The Hall–Kier alpha value is -1.36. The van der Waals surface area contributed by atoms with Crippen LogP contribution in [0.2, 0.25) is 10.0 Å². The van der Waals surface area contributed by atoms with E-state index in [4.69, 9.17) is 27.9 Å². The minimum atomic E-state index is -1.56. The predicted octanol–water partition coefficient (Wildman–Crippen LogP) is 4.75. The monoisotopic (exact) mass is 332 g/mol. The number of aliphatic hydroxyl groups excluding tert-OH is 1. The van der Waals surface area contributed by atoms with E-state index in [1.165, 1.54) is 18.2 Å². The lowest BCUT2D eigenvalue weighted by atomic mass is 10.00. The summed E-state index contributed by atoms with van der Waals surface area (Å²) in [5.74, 6) is -1.37. The largest absolute Gasteiger partial charge is 0.492 e. The minimum absolute atomic E-state index is 0.106. The van der Waals surface area contributed by atoms with Crippen LogP contribution in [0.5, 0.6) is 5.75 Å². The van der Waals surface area contributed by atoms with E-state index in [2.05, 4.69) is 0 Å². The molecule has 112 valence electrons. The van der Waals surface area contributed by atoms with Gasteiger partial charge in [-0.2, -0.15) is 0 Å². The molecule has 2 aromatic rings. The van der Waals surface area contributed by atoms with Crippen LogP contribution in [-0.4, -0.2) is 11.7 Å². The fourth-order valence-electron chi connectivity index (χ4n) is 1.95. The molecule has 0 spiro atoms. The van der Waals surface area contributed by atoms with Gasteiger partial charge in [-0.25, -0.2) is 8.78 Å². The highest BCUT2D eigenvalue weighted by atomic mass is 35.5. The van der Waals surface area contributed by atoms with Gasteiger partial charge >= 0.3 is 0 Å². The third-order valence-electron chi connectivity index (χ3n) is 2.92. The van der Waals surface area contributed by atoms with Crippen LogP contribution in [0.25, 0.3) is 0 Å². The summed E-state index contributed by atoms with van der Waals surface area (Å²) >= 11 is 12.1. The van der Waals surface area contributed by atoms with Gasteiger partial charge in [-0.15, -0.1) is 0 Å². The fraction of sp³-hybridized carbons (Fsp3) is 0.200. The van der Waals surface area contributed by atoms with Crippen LogP contribution in [0.3, 0.4) is 0 Å². The maximum absolute atomic E-state index is 13.7. The lowest BCUT2D eigenvalue weighted by Gasteiger charge is -2.16. The highest BCUT2D eigenvalue weighted by molar-refractivity contribution is 6.34. The Labute approximate surface area is 130 Å². The summed E-state index contributed by atoms with van der Waals surface area (Å²) in [6.07, 6.45) is -1.56. The first-order valence-electron chi connectivity index (χ1n) is 6.19. The summed E-state index contributed by atoms with van der Waals surface area (Å²) in [7, 11) is 0. The summed E-state index contributed by atoms with van der Waals surface area (Å²) < 4.78 is 32.7. The molecule has 6 heteroatoms. The van der Waals surface area contributed by atoms with Crippen molar-refractivity contribution < 1.29 is 18.6 Å². The molecule has 0 fully saturated rings. The van der Waals surface area contributed by atoms with Crippen molar-refractivity contribution in [3.05, 3.63) is 63.1 Å². The number of benzene rings is 2. The van der Waals surface area contributed by atoms with Crippen molar-refractivity contribution in [2.45, 2.75) is 13.0 Å². The van der Waals surface area contributed by atoms with E-state index in [1.807, 2.05) is 0 Å². The van der Waals surface area contributed by atoms with E-state index in [1.54, 1.807) is 6.92 Å². The van der Waals surface area contributed by atoms with Crippen LogP contribution in [0.15, 0.2) is 30.3 Å². The van der Waals surface area contributed by atoms with E-state index < -0.39 is 23.3 Å². The normalized spacial score (nSPS) is 12.3. The molecule has 2 aromatic carbocycles. The molecule has 21 heavy (non-hydrogen) atoms. The zero-order chi connectivity index (χ0) is 15.6. The molecule has 0 aliphatic heterocycles. The topological polar surface area (TPSA) is 29.5 Å². The number of hydrogen-bond donors (Lipinski definition) is 1. The third kappa shape index (κ3) is 3.28. The lowest BCUT2D eigenvalue weighted by molar-refractivity contribution is 0.209. The van der Waals surface area contributed by atoms with Gasteiger partial charge in [-0.05, 0) is 25.1 Å². The molecule has 0 bridgehead atoms. The molecule has 0 radical (unpaired) electrons. The Morgan fingerprint density at radius 2 is 1.76 bits per heavy atom. The fourth-order valence-corrected chi connectivity index (χ4v) is 2.43. The van der Waals surface area contributed by atoms with Crippen molar-refractivity contribution in [3.63, 3.8) is 0 Å². The number of halogens is 4. The van der Waals surface area contributed by atoms with Crippen LogP contribution >= 0.6 is 23.2 Å². The van der Waals surface area contributed by atoms with Crippen molar-refractivity contribution in [2.24, 2.45) is 0 Å². The van der Waals surface area contributed by atoms with E-state index >= 15 is 0 Å². The number of hydrogen-bond acceptors (Lipinski definition) is 2. The minimum Gasteiger partial charge on any atom is -0.492 e. The number of rotatable bonds is 4. The summed E-state index contributed by atoms with van der Waals surface area (Å²) in [4.78, 5) is 0. The molecule has 1 N–H and O–H groups in total. The second-order valence-corrected chi connectivity index (χ2v) is 5.09. The third-order valence-corrected chi connectivity index (χ3v) is 3.54. The van der Waals surface area contributed by atoms with Gasteiger partial charge in [0.15, 0.2) is 0 Å². The first kappa shape index (κ1) is 16.0. The molecule has 0 saturated heterocycles. The first-order valence-corrected chi connectivity index (χ1v) is 6.95. The molecule has 2 nitrogen and oxygen atoms in total. The van der Waals surface area contributed by atoms with Gasteiger partial charge in [0, 0.05) is 11.6 Å². The smallest absolute Gasteiger partial charge is 0.139 e. The van der Waals surface area contributed by atoms with Crippen molar-refractivity contribution in [1.82, 2.24) is 0 Å². The summed E-state index contributed by atoms with van der Waals surface area (Å²) in [6, 6.07) is 6.08. The van der Waals surface area contributed by atoms with Crippen molar-refractivity contribution in [2.75, 3.05) is 6.61 Å². The second kappa shape index (κ2) is 6.60. The van der Waals surface area contributed by atoms with Gasteiger partial charge in [0.05, 0.1) is 22.2 Å². The van der Waals surface area contributed by atoms with Crippen LogP contribution < -0.4 is 4.74 Å². The number of ether oxygens (including phenoxy) is 1. The summed E-state index contributed by atoms with van der Waals surface area (Å²) in [5, 5.41) is 10.5. The SMILES string of the molecule is CCOc1cc(Cl)c(C(O)c2c(F)cccc2F)cc1Cl. The van der Waals surface area contributed by atoms with Crippen molar-refractivity contribution >= 4 is 23.2 Å². The summed E-state index contributed by atoms with van der Waals surface area (Å²) in [6.45, 7) is 2.17. The standard InChI is InChI=1S/C15H12Cl2F2O2/c1-2-21-13-7-9(16)8(6-10(13)17)15(20)14-11(18)4-3-5-12(14)19/h3-7,15,20H,2H2,1H3. The Kier molecular flexibility index (Phi) is 5.04. The van der Waals surface area contributed by atoms with Gasteiger partial charge < -0.3 is 9.84 Å². The number of aliphatic hydroxyl groups is 1. The van der Waals surface area contributed by atoms with Gasteiger partial charge in [0.1, 0.15) is 23.5 Å². The molecule has 0 aliphatic rings. The molecule has 1 unspecified atom stereocenters. The predicted molar refractivity (Wildman–Crippen MR) is 78.1 cm³/mol. The first-order chi connectivity index (χ1) is 9.95. The maximum atomic E-state index is 13.7. The van der Waals surface area contributed by atoms with Crippen molar-refractivity contribution in [3.8, 4) is 5.75 Å². The van der Waals surface area contributed by atoms with Crippen LogP contribution in [0.1, 0.15) is 24.2 Å². The van der Waals surface area contributed by atoms with E-state index in [-0.39, 0.29) is 15.6 Å². The van der Waals surface area contributed by atoms with Gasteiger partial charge in [0.2, 0.25) is 0 Å². The van der Waals surface area contributed by atoms with E-state index in [0.29, 0.717) is 12.4 Å². The highest BCUT2D eigenvalue weighted by Crippen LogP contribution is 2.37. The molecule has 1 atom stereocenters. The molecular weight excluding hydrogens is 321 g/mol. The Bertz CT molecular complexity index is 642. The molecule has 0 aliphatic carbocycles. The Morgan fingerprint density at radius 3 is 2.33 bits per heavy atom. The quantitative estimate of drug-likeness (QED) is 0.875. The van der Waals surface area contributed by atoms with Gasteiger partial charge in [0.25, 0.3) is 0 Å². The Morgan fingerprint density at radius 1 is 1.14 bits per heavy atom. The summed E-state index contributed by atoms with van der Waals surface area (Å²) in [5.41, 5.74) is -0.367. The zero-order valence-electron chi connectivity index (χ0n) is 11.0. The molecular formula is C15H12Cl2F2O2. The van der Waals surface area contributed by atoms with E-state index in [9.17, 15) is 13.9 Å². The van der Waals surface area contributed by atoms with Gasteiger partial charge in [-0.1, -0.05) is 29.3 Å².